The van der Waals surface area contributed by atoms with Crippen LogP contribution in [0.5, 0.6) is 0 Å². The minimum Gasteiger partial charge on any atom is -0.467 e. The molecule has 3 fully saturated rings. The maximum Gasteiger partial charge on any atom is 0.328 e. The Balaban J connectivity index is 1.57. The van der Waals surface area contributed by atoms with E-state index in [0.29, 0.717) is 5.92 Å². The summed E-state index contributed by atoms with van der Waals surface area (Å²) in [6.45, 7) is 2.01. The molecule has 106 valence electrons. The van der Waals surface area contributed by atoms with Crippen molar-refractivity contribution in [2.45, 2.75) is 38.1 Å². The molecular weight excluding hydrogens is 244 g/mol. The summed E-state index contributed by atoms with van der Waals surface area (Å²) >= 11 is 0. The molecule has 5 heteroatoms. The van der Waals surface area contributed by atoms with Crippen molar-refractivity contribution < 1.29 is 14.3 Å². The van der Waals surface area contributed by atoms with Gasteiger partial charge in [0.2, 0.25) is 5.91 Å². The van der Waals surface area contributed by atoms with E-state index in [2.05, 4.69) is 10.6 Å². The molecule has 2 N–H and O–H groups in total. The number of carbonyl (C=O) groups is 2. The van der Waals surface area contributed by atoms with Gasteiger partial charge in [-0.05, 0) is 56.5 Å². The SMILES string of the molecule is COC(=O)C(NC(=O)C1CC12CCNCC2)C1CC1. The van der Waals surface area contributed by atoms with E-state index in [1.165, 1.54) is 7.11 Å². The van der Waals surface area contributed by atoms with Crippen LogP contribution in [0.1, 0.15) is 32.1 Å². The average Bonchev–Trinajstić information content (AvgIpc) is 3.33. The summed E-state index contributed by atoms with van der Waals surface area (Å²) in [6.07, 6.45) is 5.17. The Morgan fingerprint density at radius 2 is 2.00 bits per heavy atom. The van der Waals surface area contributed by atoms with Gasteiger partial charge in [0, 0.05) is 5.92 Å². The molecule has 2 saturated carbocycles. The van der Waals surface area contributed by atoms with Gasteiger partial charge in [-0.25, -0.2) is 4.79 Å². The monoisotopic (exact) mass is 266 g/mol. The fourth-order valence-electron chi connectivity index (χ4n) is 3.38. The van der Waals surface area contributed by atoms with E-state index in [4.69, 9.17) is 4.74 Å². The predicted octanol–water partition coefficient (Wildman–Crippen LogP) is 0.444. The molecule has 1 spiro atoms. The third-order valence-electron chi connectivity index (χ3n) is 4.95. The number of methoxy groups -OCH3 is 1. The molecule has 1 saturated heterocycles. The van der Waals surface area contributed by atoms with Crippen LogP contribution in [0, 0.1) is 17.3 Å². The van der Waals surface area contributed by atoms with Gasteiger partial charge in [-0.1, -0.05) is 0 Å². The Morgan fingerprint density at radius 1 is 1.32 bits per heavy atom. The second kappa shape index (κ2) is 4.78. The minimum atomic E-state index is -0.420. The Bertz CT molecular complexity index is 386. The van der Waals surface area contributed by atoms with Gasteiger partial charge >= 0.3 is 5.97 Å². The maximum absolute atomic E-state index is 12.3. The molecule has 1 aliphatic heterocycles. The summed E-state index contributed by atoms with van der Waals surface area (Å²) in [7, 11) is 1.38. The molecule has 5 nitrogen and oxygen atoms in total. The highest BCUT2D eigenvalue weighted by Gasteiger charge is 2.58. The Morgan fingerprint density at radius 3 is 2.58 bits per heavy atom. The highest BCUT2D eigenvalue weighted by molar-refractivity contribution is 5.88. The second-order valence-corrected chi connectivity index (χ2v) is 6.22. The van der Waals surface area contributed by atoms with Crippen molar-refractivity contribution >= 4 is 11.9 Å². The van der Waals surface area contributed by atoms with Crippen molar-refractivity contribution in [2.24, 2.45) is 17.3 Å². The molecule has 19 heavy (non-hydrogen) atoms. The minimum absolute atomic E-state index is 0.0594. The fourth-order valence-corrected chi connectivity index (χ4v) is 3.38. The van der Waals surface area contributed by atoms with Gasteiger partial charge in [0.25, 0.3) is 0 Å². The number of hydrogen-bond acceptors (Lipinski definition) is 4. The van der Waals surface area contributed by atoms with Gasteiger partial charge in [0.15, 0.2) is 0 Å². The zero-order valence-electron chi connectivity index (χ0n) is 11.4. The van der Waals surface area contributed by atoms with E-state index in [0.717, 1.165) is 45.2 Å². The van der Waals surface area contributed by atoms with Crippen LogP contribution in [0.15, 0.2) is 0 Å². The summed E-state index contributed by atoms with van der Waals surface area (Å²) in [4.78, 5) is 24.0. The largest absolute Gasteiger partial charge is 0.467 e. The van der Waals surface area contributed by atoms with Crippen molar-refractivity contribution in [2.75, 3.05) is 20.2 Å². The Labute approximate surface area is 113 Å². The number of rotatable bonds is 4. The quantitative estimate of drug-likeness (QED) is 0.725. The van der Waals surface area contributed by atoms with Gasteiger partial charge in [-0.3, -0.25) is 4.79 Å². The highest BCUT2D eigenvalue weighted by atomic mass is 16.5. The number of hydrogen-bond donors (Lipinski definition) is 2. The standard InChI is InChI=1S/C14H22N2O3/c1-19-13(18)11(9-2-3-9)16-12(17)10-8-14(10)4-6-15-7-5-14/h9-11,15H,2-8H2,1H3,(H,16,17). The summed E-state index contributed by atoms with van der Waals surface area (Å²) in [6, 6.07) is -0.420. The van der Waals surface area contributed by atoms with Crippen molar-refractivity contribution in [3.05, 3.63) is 0 Å². The predicted molar refractivity (Wildman–Crippen MR) is 69.3 cm³/mol. The lowest BCUT2D eigenvalue weighted by molar-refractivity contribution is -0.146. The van der Waals surface area contributed by atoms with Gasteiger partial charge in [-0.2, -0.15) is 0 Å². The van der Waals surface area contributed by atoms with Crippen LogP contribution in [0.25, 0.3) is 0 Å². The Kier molecular flexibility index (Phi) is 3.25. The molecule has 2 unspecified atom stereocenters. The van der Waals surface area contributed by atoms with E-state index in [9.17, 15) is 9.59 Å². The van der Waals surface area contributed by atoms with E-state index in [1.54, 1.807) is 0 Å². The molecular formula is C14H22N2O3. The van der Waals surface area contributed by atoms with E-state index >= 15 is 0 Å². The highest BCUT2D eigenvalue weighted by Crippen LogP contribution is 2.58. The third kappa shape index (κ3) is 2.48. The molecule has 1 heterocycles. The van der Waals surface area contributed by atoms with Gasteiger partial charge < -0.3 is 15.4 Å². The first-order chi connectivity index (χ1) is 9.16. The molecule has 0 radical (unpaired) electrons. The summed E-state index contributed by atoms with van der Waals surface area (Å²) < 4.78 is 4.79. The number of esters is 1. The lowest BCUT2D eigenvalue weighted by atomic mass is 9.91. The first-order valence-electron chi connectivity index (χ1n) is 7.25. The number of nitrogens with one attached hydrogen (secondary N) is 2. The normalized spacial score (nSPS) is 29.6. The maximum atomic E-state index is 12.3. The van der Waals surface area contributed by atoms with Crippen LogP contribution in [-0.4, -0.2) is 38.1 Å². The van der Waals surface area contributed by atoms with Crippen molar-refractivity contribution in [3.63, 3.8) is 0 Å². The van der Waals surface area contributed by atoms with Crippen LogP contribution in [0.3, 0.4) is 0 Å². The fraction of sp³-hybridized carbons (Fsp3) is 0.857. The van der Waals surface area contributed by atoms with Crippen molar-refractivity contribution in [1.29, 1.82) is 0 Å². The number of ether oxygens (including phenoxy) is 1. The van der Waals surface area contributed by atoms with E-state index in [1.807, 2.05) is 0 Å². The smallest absolute Gasteiger partial charge is 0.328 e. The average molecular weight is 266 g/mol. The van der Waals surface area contributed by atoms with Crippen LogP contribution in [0.4, 0.5) is 0 Å². The molecule has 3 aliphatic rings. The number of carbonyl (C=O) groups excluding carboxylic acids is 2. The summed E-state index contributed by atoms with van der Waals surface area (Å²) in [5.41, 5.74) is 0.222. The zero-order chi connectivity index (χ0) is 13.5. The van der Waals surface area contributed by atoms with E-state index in [-0.39, 0.29) is 23.2 Å². The third-order valence-corrected chi connectivity index (χ3v) is 4.95. The molecule has 2 atom stereocenters. The first-order valence-corrected chi connectivity index (χ1v) is 7.25. The molecule has 0 aromatic heterocycles. The number of amides is 1. The molecule has 1 amide bonds. The van der Waals surface area contributed by atoms with Crippen LogP contribution in [-0.2, 0) is 14.3 Å². The second-order valence-electron chi connectivity index (χ2n) is 6.22. The number of piperidine rings is 1. The molecule has 2 aliphatic carbocycles. The molecule has 3 rings (SSSR count). The lowest BCUT2D eigenvalue weighted by Gasteiger charge is -2.24. The van der Waals surface area contributed by atoms with Crippen LogP contribution in [0.2, 0.25) is 0 Å². The first kappa shape index (κ1) is 12.9. The van der Waals surface area contributed by atoms with Gasteiger partial charge in [-0.15, -0.1) is 0 Å². The zero-order valence-corrected chi connectivity index (χ0v) is 11.4. The van der Waals surface area contributed by atoms with Gasteiger partial charge in [0.1, 0.15) is 6.04 Å². The molecule has 0 aromatic carbocycles. The van der Waals surface area contributed by atoms with E-state index < -0.39 is 6.04 Å². The van der Waals surface area contributed by atoms with Crippen LogP contribution >= 0.6 is 0 Å². The molecule has 0 bridgehead atoms. The Hall–Kier alpha value is -1.10. The van der Waals surface area contributed by atoms with Crippen molar-refractivity contribution in [1.82, 2.24) is 10.6 Å². The van der Waals surface area contributed by atoms with Gasteiger partial charge in [0.05, 0.1) is 7.11 Å². The van der Waals surface area contributed by atoms with Crippen LogP contribution < -0.4 is 10.6 Å². The van der Waals surface area contributed by atoms with Crippen molar-refractivity contribution in [3.8, 4) is 0 Å². The molecule has 0 aromatic rings. The summed E-state index contributed by atoms with van der Waals surface area (Å²) in [5, 5.41) is 6.26. The lowest BCUT2D eigenvalue weighted by Crippen LogP contribution is -2.44. The topological polar surface area (TPSA) is 67.4 Å². The summed E-state index contributed by atoms with van der Waals surface area (Å²) in [5.74, 6) is 0.166.